The van der Waals surface area contributed by atoms with Crippen LogP contribution in [0, 0.1) is 0 Å². The Hall–Kier alpha value is -1.28. The first-order valence-electron chi connectivity index (χ1n) is 5.23. The smallest absolute Gasteiger partial charge is 0.346 e. The number of carbonyl (C=O) groups excluding carboxylic acids is 1. The van der Waals surface area contributed by atoms with Crippen molar-refractivity contribution in [1.82, 2.24) is 0 Å². The van der Waals surface area contributed by atoms with Gasteiger partial charge in [-0.3, -0.25) is 4.79 Å². The first-order chi connectivity index (χ1) is 9.06. The Morgan fingerprint density at radius 3 is 2.84 bits per heavy atom. The van der Waals surface area contributed by atoms with Crippen LogP contribution in [0.4, 0.5) is 5.69 Å². The number of benzene rings is 1. The van der Waals surface area contributed by atoms with Crippen LogP contribution in [-0.2, 0) is 4.79 Å². The lowest BCUT2D eigenvalue weighted by Gasteiger charge is -2.07. The van der Waals surface area contributed by atoms with Crippen molar-refractivity contribution in [1.29, 1.82) is 0 Å². The normalized spacial score (nSPS) is 10.5. The van der Waals surface area contributed by atoms with Crippen LogP contribution in [0.2, 0.25) is 5.02 Å². The summed E-state index contributed by atoms with van der Waals surface area (Å²) in [6.07, 6.45) is 0. The molecule has 0 saturated heterocycles. The first kappa shape index (κ1) is 14.1. The number of hydrogen-bond donors (Lipinski definition) is 1. The van der Waals surface area contributed by atoms with E-state index in [0.29, 0.717) is 15.5 Å². The average Bonchev–Trinajstić information content (AvgIpc) is 2.42. The van der Waals surface area contributed by atoms with Crippen molar-refractivity contribution >= 4 is 56.6 Å². The van der Waals surface area contributed by atoms with Crippen LogP contribution >= 0.6 is 34.2 Å². The molecule has 0 unspecified atom stereocenters. The molecule has 7 heteroatoms. The average molecular weight is 394 g/mol. The highest BCUT2D eigenvalue weighted by Gasteiger charge is 2.13. The van der Waals surface area contributed by atoms with Crippen molar-refractivity contribution in [3.63, 3.8) is 0 Å². The Bertz CT molecular complexity index is 698. The molecule has 0 saturated carbocycles. The summed E-state index contributed by atoms with van der Waals surface area (Å²) in [7, 11) is 1.37. The molecule has 100 valence electrons. The van der Waals surface area contributed by atoms with Crippen molar-refractivity contribution in [2.75, 3.05) is 16.9 Å². The third-order valence-electron chi connectivity index (χ3n) is 2.43. The quantitative estimate of drug-likeness (QED) is 0.643. The Kier molecular flexibility index (Phi) is 4.31. The molecule has 5 nitrogen and oxygen atoms in total. The van der Waals surface area contributed by atoms with Gasteiger partial charge in [0, 0.05) is 11.1 Å². The van der Waals surface area contributed by atoms with Gasteiger partial charge in [-0.15, -0.1) is 0 Å². The zero-order valence-electron chi connectivity index (χ0n) is 9.83. The fourth-order valence-electron chi connectivity index (χ4n) is 1.60. The van der Waals surface area contributed by atoms with E-state index in [0.717, 1.165) is 0 Å². The topological polar surface area (TPSA) is 68.5 Å². The van der Waals surface area contributed by atoms with Crippen molar-refractivity contribution in [3.05, 3.63) is 33.6 Å². The third-order valence-corrected chi connectivity index (χ3v) is 3.48. The van der Waals surface area contributed by atoms with E-state index in [-0.39, 0.29) is 22.3 Å². The first-order valence-corrected chi connectivity index (χ1v) is 7.13. The third kappa shape index (κ3) is 2.84. The highest BCUT2D eigenvalue weighted by molar-refractivity contribution is 14.1. The number of hydrogen-bond acceptors (Lipinski definition) is 4. The molecule has 0 aliphatic heterocycles. The molecule has 1 heterocycles. The van der Waals surface area contributed by atoms with E-state index >= 15 is 0 Å². The van der Waals surface area contributed by atoms with Crippen LogP contribution in [0.1, 0.15) is 0 Å². The summed E-state index contributed by atoms with van der Waals surface area (Å²) < 4.78 is 10.1. The second-order valence-electron chi connectivity index (χ2n) is 3.64. The van der Waals surface area contributed by atoms with E-state index in [9.17, 15) is 9.59 Å². The number of anilines is 1. The van der Waals surface area contributed by atoms with E-state index < -0.39 is 5.63 Å². The maximum Gasteiger partial charge on any atom is 0.346 e. The molecule has 2 rings (SSSR count). The molecule has 0 radical (unpaired) electrons. The maximum absolute atomic E-state index is 11.8. The molecule has 1 amide bonds. The largest absolute Gasteiger partial charge is 0.467 e. The zero-order valence-corrected chi connectivity index (χ0v) is 12.7. The van der Waals surface area contributed by atoms with Gasteiger partial charge in [0.2, 0.25) is 5.91 Å². The van der Waals surface area contributed by atoms with Gasteiger partial charge in [-0.1, -0.05) is 40.3 Å². The number of halogens is 2. The number of amides is 1. The van der Waals surface area contributed by atoms with E-state index in [1.54, 1.807) is 12.1 Å². The van der Waals surface area contributed by atoms with Crippen molar-refractivity contribution in [2.45, 2.75) is 0 Å². The molecule has 0 aliphatic carbocycles. The van der Waals surface area contributed by atoms with Gasteiger partial charge in [0.25, 0.3) is 0 Å². The number of fused-ring (bicyclic) bond motifs is 1. The van der Waals surface area contributed by atoms with Gasteiger partial charge in [-0.05, 0) is 12.1 Å². The Morgan fingerprint density at radius 2 is 2.21 bits per heavy atom. The summed E-state index contributed by atoms with van der Waals surface area (Å²) in [5.74, 6) is -0.174. The van der Waals surface area contributed by atoms with E-state index in [1.165, 1.54) is 13.2 Å². The monoisotopic (exact) mass is 393 g/mol. The lowest BCUT2D eigenvalue weighted by Crippen LogP contribution is -2.12. The van der Waals surface area contributed by atoms with Gasteiger partial charge in [0.1, 0.15) is 5.02 Å². The molecule has 0 fully saturated rings. The molecule has 0 bridgehead atoms. The van der Waals surface area contributed by atoms with Gasteiger partial charge in [-0.2, -0.15) is 0 Å². The Balaban J connectivity index is 2.58. The molecule has 1 aromatic heterocycles. The minimum absolute atomic E-state index is 0.0248. The van der Waals surface area contributed by atoms with E-state index in [4.69, 9.17) is 20.8 Å². The molecule has 1 aromatic carbocycles. The van der Waals surface area contributed by atoms with Crippen LogP contribution in [0.5, 0.6) is 5.95 Å². The van der Waals surface area contributed by atoms with Crippen LogP contribution in [0.25, 0.3) is 10.8 Å². The van der Waals surface area contributed by atoms with Gasteiger partial charge in [0.15, 0.2) is 0 Å². The lowest BCUT2D eigenvalue weighted by molar-refractivity contribution is -0.113. The zero-order chi connectivity index (χ0) is 14.0. The fourth-order valence-corrected chi connectivity index (χ4v) is 2.07. The molecule has 0 aliphatic rings. The van der Waals surface area contributed by atoms with Crippen LogP contribution in [0.3, 0.4) is 0 Å². The van der Waals surface area contributed by atoms with E-state index in [1.807, 2.05) is 22.6 Å². The predicted octanol–water partition coefficient (Wildman–Crippen LogP) is 2.83. The fraction of sp³-hybridized carbons (Fsp3) is 0.167. The predicted molar refractivity (Wildman–Crippen MR) is 81.6 cm³/mol. The number of rotatable bonds is 3. The molecule has 0 spiro atoms. The standard InChI is InChI=1S/C12H9ClINO4/c1-18-12-10(13)7-3-2-6(15-9(16)5-14)4-8(7)11(17)19-12/h2-4H,5H2,1H3,(H,15,16). The number of carbonyl (C=O) groups is 1. The minimum atomic E-state index is -0.568. The molecule has 19 heavy (non-hydrogen) atoms. The summed E-state index contributed by atoms with van der Waals surface area (Å²) in [6.45, 7) is 0. The number of alkyl halides is 1. The molecule has 1 N–H and O–H groups in total. The summed E-state index contributed by atoms with van der Waals surface area (Å²) in [5, 5.41) is 3.69. The molecular weight excluding hydrogens is 384 g/mol. The number of ether oxygens (including phenoxy) is 1. The van der Waals surface area contributed by atoms with Crippen molar-refractivity contribution in [3.8, 4) is 5.95 Å². The molecular formula is C12H9ClINO4. The van der Waals surface area contributed by atoms with Crippen molar-refractivity contribution < 1.29 is 13.9 Å². The second kappa shape index (κ2) is 5.79. The summed E-state index contributed by atoms with van der Waals surface area (Å²) in [4.78, 5) is 23.1. The maximum atomic E-state index is 11.8. The Morgan fingerprint density at radius 1 is 1.47 bits per heavy atom. The minimum Gasteiger partial charge on any atom is -0.467 e. The van der Waals surface area contributed by atoms with Crippen LogP contribution in [0.15, 0.2) is 27.4 Å². The van der Waals surface area contributed by atoms with Crippen LogP contribution in [-0.4, -0.2) is 17.4 Å². The number of nitrogens with one attached hydrogen (secondary N) is 1. The van der Waals surface area contributed by atoms with Gasteiger partial charge in [-0.25, -0.2) is 4.79 Å². The Labute approximate surface area is 127 Å². The lowest BCUT2D eigenvalue weighted by atomic mass is 10.1. The molecule has 0 atom stereocenters. The highest BCUT2D eigenvalue weighted by atomic mass is 127. The summed E-state index contributed by atoms with van der Waals surface area (Å²) in [6, 6.07) is 4.83. The van der Waals surface area contributed by atoms with Crippen LogP contribution < -0.4 is 15.7 Å². The molecule has 2 aromatic rings. The second-order valence-corrected chi connectivity index (χ2v) is 4.78. The van der Waals surface area contributed by atoms with E-state index in [2.05, 4.69) is 5.32 Å². The van der Waals surface area contributed by atoms with Gasteiger partial charge >= 0.3 is 11.6 Å². The van der Waals surface area contributed by atoms with Gasteiger partial charge < -0.3 is 14.5 Å². The van der Waals surface area contributed by atoms with Crippen molar-refractivity contribution in [2.24, 2.45) is 0 Å². The number of methoxy groups -OCH3 is 1. The highest BCUT2D eigenvalue weighted by Crippen LogP contribution is 2.31. The summed E-state index contributed by atoms with van der Waals surface area (Å²) in [5.41, 5.74) is -0.0514. The SMILES string of the molecule is COc1oc(=O)c2cc(NC(=O)CI)ccc2c1Cl. The summed E-state index contributed by atoms with van der Waals surface area (Å²) >= 11 is 8.00. The van der Waals surface area contributed by atoms with Gasteiger partial charge in [0.05, 0.1) is 16.9 Å².